The first-order valence-corrected chi connectivity index (χ1v) is 12.3. The molecule has 0 aromatic carbocycles. The quantitative estimate of drug-likeness (QED) is 0.489. The summed E-state index contributed by atoms with van der Waals surface area (Å²) in [4.78, 5) is 41.6. The average Bonchev–Trinajstić information content (AvgIpc) is 3.22. The van der Waals surface area contributed by atoms with Gasteiger partial charge >= 0.3 is 0 Å². The molecule has 0 radical (unpaired) electrons. The third kappa shape index (κ3) is 4.64. The van der Waals surface area contributed by atoms with Crippen molar-refractivity contribution in [1.29, 1.82) is 0 Å². The normalized spacial score (nSPS) is 19.1. The van der Waals surface area contributed by atoms with E-state index in [2.05, 4.69) is 45.1 Å². The summed E-state index contributed by atoms with van der Waals surface area (Å²) in [7, 11) is 0. The fraction of sp³-hybridized carbons (Fsp3) is 0.583. The molecule has 5 rings (SSSR count). The van der Waals surface area contributed by atoms with Gasteiger partial charge in [-0.05, 0) is 19.8 Å². The van der Waals surface area contributed by atoms with Crippen molar-refractivity contribution in [2.45, 2.75) is 40.3 Å². The minimum Gasteiger partial charge on any atom is -0.378 e. The third-order valence-electron chi connectivity index (χ3n) is 6.55. The summed E-state index contributed by atoms with van der Waals surface area (Å²) >= 11 is 0. The molecule has 0 unspecified atom stereocenters. The molecule has 0 N–H and O–H groups in total. The molecular weight excluding hydrogens is 446 g/mol. The SMILES string of the molecule is Cc1ncc(-c2nc(N3CCOCC3)c3nc(N4CCN(C=O)[C@@H](C)C4)n(CC(C)C)c3n2)cn1. The van der Waals surface area contributed by atoms with Crippen LogP contribution in [0.15, 0.2) is 12.4 Å². The van der Waals surface area contributed by atoms with Crippen LogP contribution in [0.3, 0.4) is 0 Å². The molecular formula is C24H33N9O2. The van der Waals surface area contributed by atoms with Gasteiger partial charge in [0.2, 0.25) is 12.4 Å². The smallest absolute Gasteiger partial charge is 0.210 e. The summed E-state index contributed by atoms with van der Waals surface area (Å²) in [6.07, 6.45) is 4.49. The van der Waals surface area contributed by atoms with Crippen LogP contribution in [-0.4, -0.2) is 92.8 Å². The Hall–Kier alpha value is -3.34. The maximum Gasteiger partial charge on any atom is 0.210 e. The van der Waals surface area contributed by atoms with Gasteiger partial charge in [0, 0.05) is 57.7 Å². The van der Waals surface area contributed by atoms with Crippen LogP contribution < -0.4 is 9.80 Å². The highest BCUT2D eigenvalue weighted by Gasteiger charge is 2.29. The number of anilines is 2. The molecule has 35 heavy (non-hydrogen) atoms. The van der Waals surface area contributed by atoms with E-state index in [9.17, 15) is 4.79 Å². The monoisotopic (exact) mass is 479 g/mol. The van der Waals surface area contributed by atoms with Gasteiger partial charge in [-0.15, -0.1) is 0 Å². The number of hydrogen-bond donors (Lipinski definition) is 0. The summed E-state index contributed by atoms with van der Waals surface area (Å²) in [5.74, 6) is 3.39. The zero-order valence-electron chi connectivity index (χ0n) is 20.9. The van der Waals surface area contributed by atoms with Crippen LogP contribution in [0.25, 0.3) is 22.6 Å². The largest absolute Gasteiger partial charge is 0.378 e. The predicted octanol–water partition coefficient (Wildman–Crippen LogP) is 1.75. The number of carbonyl (C=O) groups is 1. The molecule has 0 spiro atoms. The van der Waals surface area contributed by atoms with Crippen LogP contribution in [0.1, 0.15) is 26.6 Å². The first kappa shape index (κ1) is 23.4. The Kier molecular flexibility index (Phi) is 6.50. The summed E-state index contributed by atoms with van der Waals surface area (Å²) < 4.78 is 7.81. The highest BCUT2D eigenvalue weighted by molar-refractivity contribution is 5.88. The third-order valence-corrected chi connectivity index (χ3v) is 6.55. The first-order valence-electron chi connectivity index (χ1n) is 12.3. The lowest BCUT2D eigenvalue weighted by atomic mass is 10.2. The lowest BCUT2D eigenvalue weighted by Gasteiger charge is -2.38. The number of imidazole rings is 1. The second-order valence-corrected chi connectivity index (χ2v) is 9.72. The van der Waals surface area contributed by atoms with E-state index >= 15 is 0 Å². The number of aryl methyl sites for hydroxylation is 1. The summed E-state index contributed by atoms with van der Waals surface area (Å²) in [5.41, 5.74) is 2.38. The van der Waals surface area contributed by atoms with Gasteiger partial charge < -0.3 is 19.4 Å². The number of hydrogen-bond acceptors (Lipinski definition) is 9. The summed E-state index contributed by atoms with van der Waals surface area (Å²) in [6.45, 7) is 14.0. The fourth-order valence-corrected chi connectivity index (χ4v) is 4.69. The molecule has 0 saturated carbocycles. The number of aromatic nitrogens is 6. The van der Waals surface area contributed by atoms with Crippen LogP contribution >= 0.6 is 0 Å². The lowest BCUT2D eigenvalue weighted by Crippen LogP contribution is -2.52. The maximum atomic E-state index is 11.4. The number of ether oxygens (including phenoxy) is 1. The van der Waals surface area contributed by atoms with E-state index in [-0.39, 0.29) is 6.04 Å². The van der Waals surface area contributed by atoms with Gasteiger partial charge in [-0.25, -0.2) is 24.9 Å². The van der Waals surface area contributed by atoms with Gasteiger partial charge in [0.25, 0.3) is 0 Å². The maximum absolute atomic E-state index is 11.4. The van der Waals surface area contributed by atoms with Crippen molar-refractivity contribution in [3.05, 3.63) is 18.2 Å². The first-order chi connectivity index (χ1) is 16.9. The zero-order valence-corrected chi connectivity index (χ0v) is 20.9. The number of amides is 1. The van der Waals surface area contributed by atoms with Crippen molar-refractivity contribution in [3.63, 3.8) is 0 Å². The second-order valence-electron chi connectivity index (χ2n) is 9.72. The van der Waals surface area contributed by atoms with Gasteiger partial charge in [-0.2, -0.15) is 0 Å². The van der Waals surface area contributed by atoms with E-state index in [0.29, 0.717) is 37.3 Å². The number of morpholine rings is 1. The van der Waals surface area contributed by atoms with Gasteiger partial charge in [0.1, 0.15) is 5.82 Å². The standard InChI is InChI=1S/C24H33N9O2/c1-16(2)13-33-23-20(27-24(33)31-5-6-32(15-34)17(3)14-31)22(30-7-9-35-10-8-30)28-21(29-23)19-11-25-18(4)26-12-19/h11-12,15-17H,5-10,13-14H2,1-4H3/t17-/m0/s1. The van der Waals surface area contributed by atoms with Gasteiger partial charge in [0.15, 0.2) is 22.8 Å². The van der Waals surface area contributed by atoms with E-state index in [4.69, 9.17) is 19.7 Å². The molecule has 186 valence electrons. The van der Waals surface area contributed by atoms with E-state index in [0.717, 1.165) is 67.6 Å². The minimum absolute atomic E-state index is 0.110. The zero-order chi connectivity index (χ0) is 24.5. The number of piperazine rings is 1. The Labute approximate surface area is 205 Å². The van der Waals surface area contributed by atoms with Crippen molar-refractivity contribution < 1.29 is 9.53 Å². The summed E-state index contributed by atoms with van der Waals surface area (Å²) in [6, 6.07) is 0.110. The van der Waals surface area contributed by atoms with Crippen molar-refractivity contribution in [2.24, 2.45) is 5.92 Å². The highest BCUT2D eigenvalue weighted by atomic mass is 16.5. The molecule has 0 bridgehead atoms. The average molecular weight is 480 g/mol. The van der Waals surface area contributed by atoms with Crippen molar-refractivity contribution in [1.82, 2.24) is 34.4 Å². The Morgan fingerprint density at radius 3 is 2.46 bits per heavy atom. The minimum atomic E-state index is 0.110. The number of nitrogens with zero attached hydrogens (tertiary/aromatic N) is 9. The number of fused-ring (bicyclic) bond motifs is 1. The molecule has 3 aromatic heterocycles. The fourth-order valence-electron chi connectivity index (χ4n) is 4.69. The molecule has 5 heterocycles. The molecule has 2 fully saturated rings. The van der Waals surface area contributed by atoms with E-state index in [1.165, 1.54) is 0 Å². The Bertz CT molecular complexity index is 1190. The van der Waals surface area contributed by atoms with Crippen LogP contribution in [0.2, 0.25) is 0 Å². The Morgan fingerprint density at radius 1 is 1.06 bits per heavy atom. The summed E-state index contributed by atoms with van der Waals surface area (Å²) in [5, 5.41) is 0. The topological polar surface area (TPSA) is 105 Å². The van der Waals surface area contributed by atoms with E-state index in [1.54, 1.807) is 12.4 Å². The van der Waals surface area contributed by atoms with Gasteiger partial charge in [-0.3, -0.25) is 9.36 Å². The molecule has 1 amide bonds. The van der Waals surface area contributed by atoms with Gasteiger partial charge in [-0.1, -0.05) is 13.8 Å². The molecule has 1 atom stereocenters. The van der Waals surface area contributed by atoms with Crippen molar-refractivity contribution in [2.75, 3.05) is 55.7 Å². The Balaban J connectivity index is 1.67. The van der Waals surface area contributed by atoms with Crippen molar-refractivity contribution >= 4 is 29.3 Å². The van der Waals surface area contributed by atoms with Crippen LogP contribution in [0, 0.1) is 12.8 Å². The number of carbonyl (C=O) groups excluding carboxylic acids is 1. The lowest BCUT2D eigenvalue weighted by molar-refractivity contribution is -0.120. The molecule has 2 aliphatic rings. The molecule has 11 nitrogen and oxygen atoms in total. The highest BCUT2D eigenvalue weighted by Crippen LogP contribution is 2.32. The molecule has 0 aliphatic carbocycles. The second kappa shape index (κ2) is 9.73. The molecule has 2 saturated heterocycles. The van der Waals surface area contributed by atoms with Gasteiger partial charge in [0.05, 0.1) is 18.8 Å². The Morgan fingerprint density at radius 2 is 1.80 bits per heavy atom. The predicted molar refractivity (Wildman–Crippen MR) is 133 cm³/mol. The van der Waals surface area contributed by atoms with Crippen LogP contribution in [0.5, 0.6) is 0 Å². The molecule has 3 aromatic rings. The molecule has 2 aliphatic heterocycles. The van der Waals surface area contributed by atoms with Crippen LogP contribution in [0.4, 0.5) is 11.8 Å². The van der Waals surface area contributed by atoms with E-state index in [1.807, 2.05) is 11.8 Å². The molecule has 11 heteroatoms. The number of rotatable bonds is 6. The van der Waals surface area contributed by atoms with Crippen LogP contribution in [-0.2, 0) is 16.1 Å². The van der Waals surface area contributed by atoms with Crippen molar-refractivity contribution in [3.8, 4) is 11.4 Å². The van der Waals surface area contributed by atoms with E-state index < -0.39 is 0 Å².